The van der Waals surface area contributed by atoms with E-state index in [-0.39, 0.29) is 11.8 Å². The van der Waals surface area contributed by atoms with Crippen molar-refractivity contribution in [3.63, 3.8) is 0 Å². The molecule has 2 N–H and O–H groups in total. The van der Waals surface area contributed by atoms with Gasteiger partial charge in [-0.05, 0) is 18.4 Å². The van der Waals surface area contributed by atoms with Crippen LogP contribution >= 0.6 is 0 Å². The van der Waals surface area contributed by atoms with Crippen LogP contribution in [-0.4, -0.2) is 23.0 Å². The van der Waals surface area contributed by atoms with Crippen LogP contribution in [0.15, 0.2) is 30.3 Å². The number of carbonyl (C=O) groups excluding carboxylic acids is 1. The summed E-state index contributed by atoms with van der Waals surface area (Å²) >= 11 is 0. The van der Waals surface area contributed by atoms with Gasteiger partial charge in [0.2, 0.25) is 5.91 Å². The molecule has 0 heterocycles. The molecule has 0 bridgehead atoms. The van der Waals surface area contributed by atoms with E-state index in [9.17, 15) is 14.7 Å². The van der Waals surface area contributed by atoms with Crippen molar-refractivity contribution in [1.82, 2.24) is 5.32 Å². The van der Waals surface area contributed by atoms with Crippen molar-refractivity contribution in [3.8, 4) is 0 Å². The molecule has 0 saturated heterocycles. The van der Waals surface area contributed by atoms with Gasteiger partial charge in [0.1, 0.15) is 6.04 Å². The fourth-order valence-corrected chi connectivity index (χ4v) is 2.70. The van der Waals surface area contributed by atoms with Crippen LogP contribution in [0.2, 0.25) is 0 Å². The molecule has 0 aliphatic heterocycles. The minimum atomic E-state index is -0.974. The van der Waals surface area contributed by atoms with Crippen molar-refractivity contribution < 1.29 is 14.7 Å². The Morgan fingerprint density at radius 2 is 1.70 bits per heavy atom. The Kier molecular flexibility index (Phi) is 9.03. The summed E-state index contributed by atoms with van der Waals surface area (Å²) in [4.78, 5) is 23.4. The van der Waals surface area contributed by atoms with Gasteiger partial charge in [-0.25, -0.2) is 4.79 Å². The number of rotatable bonds is 5. The molecular formula is C19H29NO3. The molecule has 128 valence electrons. The quantitative estimate of drug-likeness (QED) is 0.867. The van der Waals surface area contributed by atoms with E-state index in [1.165, 1.54) is 12.8 Å². The van der Waals surface area contributed by atoms with Crippen molar-refractivity contribution in [2.75, 3.05) is 0 Å². The molecule has 1 amide bonds. The molecule has 2 rings (SSSR count). The number of nitrogens with one attached hydrogen (secondary N) is 1. The van der Waals surface area contributed by atoms with Gasteiger partial charge >= 0.3 is 5.97 Å². The lowest BCUT2D eigenvalue weighted by Gasteiger charge is -2.23. The molecule has 1 aromatic carbocycles. The maximum absolute atomic E-state index is 12.1. The fourth-order valence-electron chi connectivity index (χ4n) is 2.70. The number of hydrogen-bond donors (Lipinski definition) is 2. The minimum Gasteiger partial charge on any atom is -0.480 e. The van der Waals surface area contributed by atoms with E-state index in [1.54, 1.807) is 0 Å². The Labute approximate surface area is 139 Å². The molecule has 1 aliphatic rings. The molecule has 1 aromatic rings. The average Bonchev–Trinajstić information content (AvgIpc) is 2.56. The largest absolute Gasteiger partial charge is 0.480 e. The van der Waals surface area contributed by atoms with Crippen LogP contribution in [0, 0.1) is 5.92 Å². The summed E-state index contributed by atoms with van der Waals surface area (Å²) in [5.41, 5.74) is 0.920. The van der Waals surface area contributed by atoms with Crippen LogP contribution in [0.25, 0.3) is 0 Å². The van der Waals surface area contributed by atoms with E-state index in [0.717, 1.165) is 31.2 Å². The Hall–Kier alpha value is -1.84. The number of carboxylic acids is 1. The zero-order valence-corrected chi connectivity index (χ0v) is 14.3. The summed E-state index contributed by atoms with van der Waals surface area (Å²) < 4.78 is 0. The molecule has 1 unspecified atom stereocenters. The second-order valence-corrected chi connectivity index (χ2v) is 6.13. The molecule has 0 radical (unpaired) electrons. The average molecular weight is 319 g/mol. The third kappa shape index (κ3) is 7.31. The van der Waals surface area contributed by atoms with E-state index >= 15 is 0 Å². The molecule has 1 atom stereocenters. The van der Waals surface area contributed by atoms with Gasteiger partial charge in [-0.2, -0.15) is 0 Å². The summed E-state index contributed by atoms with van der Waals surface area (Å²) in [6.45, 7) is 4.25. The number of aliphatic carboxylic acids is 1. The molecule has 23 heavy (non-hydrogen) atoms. The van der Waals surface area contributed by atoms with Gasteiger partial charge in [-0.3, -0.25) is 4.79 Å². The van der Waals surface area contributed by atoms with E-state index in [0.29, 0.717) is 6.42 Å². The highest BCUT2D eigenvalue weighted by molar-refractivity contribution is 5.85. The van der Waals surface area contributed by atoms with Crippen LogP contribution in [0.5, 0.6) is 0 Å². The summed E-state index contributed by atoms with van der Waals surface area (Å²) in [6.07, 6.45) is 6.64. The van der Waals surface area contributed by atoms with Crippen LogP contribution in [-0.2, 0) is 16.0 Å². The normalized spacial score (nSPS) is 15.9. The van der Waals surface area contributed by atoms with Crippen molar-refractivity contribution in [1.29, 1.82) is 0 Å². The predicted octanol–water partition coefficient (Wildman–Crippen LogP) is 3.80. The molecule has 0 spiro atoms. The Morgan fingerprint density at radius 1 is 1.13 bits per heavy atom. The topological polar surface area (TPSA) is 66.4 Å². The maximum atomic E-state index is 12.1. The highest BCUT2D eigenvalue weighted by atomic mass is 16.4. The number of benzene rings is 1. The van der Waals surface area contributed by atoms with Gasteiger partial charge in [0.15, 0.2) is 0 Å². The maximum Gasteiger partial charge on any atom is 0.326 e. The summed E-state index contributed by atoms with van der Waals surface area (Å²) in [6, 6.07) is 8.55. The first-order valence-electron chi connectivity index (χ1n) is 8.65. The van der Waals surface area contributed by atoms with Gasteiger partial charge in [0.25, 0.3) is 0 Å². The lowest BCUT2D eigenvalue weighted by molar-refractivity contribution is -0.142. The summed E-state index contributed by atoms with van der Waals surface area (Å²) in [5, 5.41) is 12.0. The van der Waals surface area contributed by atoms with Crippen LogP contribution in [0.3, 0.4) is 0 Å². The molecule has 4 heteroatoms. The van der Waals surface area contributed by atoms with Gasteiger partial charge < -0.3 is 10.4 Å². The predicted molar refractivity (Wildman–Crippen MR) is 92.3 cm³/mol. The first-order valence-corrected chi connectivity index (χ1v) is 8.65. The monoisotopic (exact) mass is 319 g/mol. The molecule has 0 aromatic heterocycles. The molecule has 1 saturated carbocycles. The van der Waals surface area contributed by atoms with Crippen LogP contribution in [0.4, 0.5) is 0 Å². The van der Waals surface area contributed by atoms with E-state index in [2.05, 4.69) is 19.2 Å². The van der Waals surface area contributed by atoms with E-state index < -0.39 is 12.0 Å². The minimum absolute atomic E-state index is 0.0126. The molecule has 4 nitrogen and oxygen atoms in total. The van der Waals surface area contributed by atoms with Gasteiger partial charge in [-0.15, -0.1) is 0 Å². The third-order valence-corrected chi connectivity index (χ3v) is 3.87. The Balaban J connectivity index is 0.000000816. The van der Waals surface area contributed by atoms with Crippen molar-refractivity contribution in [3.05, 3.63) is 35.9 Å². The summed E-state index contributed by atoms with van der Waals surface area (Å²) in [7, 11) is 0. The van der Waals surface area contributed by atoms with Crippen LogP contribution < -0.4 is 5.32 Å². The molecular weight excluding hydrogens is 290 g/mol. The third-order valence-electron chi connectivity index (χ3n) is 3.87. The summed E-state index contributed by atoms with van der Waals surface area (Å²) in [5.74, 6) is -1.09. The lowest BCUT2D eigenvalue weighted by atomic mass is 9.88. The van der Waals surface area contributed by atoms with Crippen molar-refractivity contribution >= 4 is 11.9 Å². The fraction of sp³-hybridized carbons (Fsp3) is 0.579. The lowest BCUT2D eigenvalue weighted by Crippen LogP contribution is -2.45. The SMILES string of the molecule is CCC.O=C(NC(Cc1ccccc1)C(=O)O)C1CCCCC1. The van der Waals surface area contributed by atoms with E-state index in [4.69, 9.17) is 0 Å². The number of carboxylic acid groups (broad SMARTS) is 1. The Morgan fingerprint density at radius 3 is 2.22 bits per heavy atom. The van der Waals surface area contributed by atoms with Crippen molar-refractivity contribution in [2.24, 2.45) is 5.92 Å². The van der Waals surface area contributed by atoms with E-state index in [1.807, 2.05) is 30.3 Å². The first kappa shape index (κ1) is 19.2. The zero-order chi connectivity index (χ0) is 17.1. The van der Waals surface area contributed by atoms with Gasteiger partial charge in [0.05, 0.1) is 0 Å². The smallest absolute Gasteiger partial charge is 0.326 e. The number of hydrogen-bond acceptors (Lipinski definition) is 2. The number of amides is 1. The number of carbonyl (C=O) groups is 2. The Bertz CT molecular complexity index is 467. The van der Waals surface area contributed by atoms with Crippen molar-refractivity contribution in [2.45, 2.75) is 64.8 Å². The highest BCUT2D eigenvalue weighted by Crippen LogP contribution is 2.23. The zero-order valence-electron chi connectivity index (χ0n) is 14.3. The molecule has 1 aliphatic carbocycles. The standard InChI is InChI=1S/C16H21NO3.C3H8/c18-15(13-9-5-2-6-10-13)17-14(16(19)20)11-12-7-3-1-4-8-12;1-3-2/h1,3-4,7-8,13-14H,2,5-6,9-11H2,(H,17,18)(H,19,20);3H2,1-2H3. The van der Waals surface area contributed by atoms with Gasteiger partial charge in [-0.1, -0.05) is 69.9 Å². The highest BCUT2D eigenvalue weighted by Gasteiger charge is 2.26. The first-order chi connectivity index (χ1) is 11.1. The van der Waals surface area contributed by atoms with Crippen LogP contribution in [0.1, 0.15) is 57.9 Å². The van der Waals surface area contributed by atoms with Gasteiger partial charge in [0, 0.05) is 12.3 Å². The molecule has 1 fully saturated rings. The second kappa shape index (κ2) is 10.8. The second-order valence-electron chi connectivity index (χ2n) is 6.13.